The fraction of sp³-hybridized carbons (Fsp3) is 0.609. The van der Waals surface area contributed by atoms with Gasteiger partial charge in [-0.25, -0.2) is 9.59 Å². The quantitative estimate of drug-likeness (QED) is 0.238. The zero-order valence-electron chi connectivity index (χ0n) is 17.8. The first-order valence-corrected chi connectivity index (χ1v) is 11.3. The van der Waals surface area contributed by atoms with Crippen molar-refractivity contribution in [2.75, 3.05) is 11.9 Å². The lowest BCUT2D eigenvalue weighted by molar-refractivity contribution is -0.136. The minimum Gasteiger partial charge on any atom is -0.460 e. The van der Waals surface area contributed by atoms with Crippen LogP contribution >= 0.6 is 0 Å². The zero-order valence-corrected chi connectivity index (χ0v) is 17.8. The third kappa shape index (κ3) is 6.21. The average molecular weight is 416 g/mol. The number of carbonyl (C=O) groups excluding carboxylic acids is 2. The molecule has 0 heterocycles. The first-order valence-electron chi connectivity index (χ1n) is 11.3. The minimum absolute atomic E-state index is 0.124. The molecule has 0 radical (unpaired) electrons. The molecule has 0 aromatic heterocycles. The van der Waals surface area contributed by atoms with Crippen molar-refractivity contribution < 1.29 is 19.2 Å². The van der Waals surface area contributed by atoms with E-state index in [0.717, 1.165) is 51.4 Å². The predicted octanol–water partition coefficient (Wildman–Crippen LogP) is 5.08. The fourth-order valence-corrected chi connectivity index (χ4v) is 4.49. The number of hydrogen-bond acceptors (Lipinski definition) is 5. The van der Waals surface area contributed by atoms with E-state index in [0.29, 0.717) is 5.69 Å². The van der Waals surface area contributed by atoms with Crippen LogP contribution in [0.3, 0.4) is 0 Å². The highest BCUT2D eigenvalue weighted by atomic mass is 16.7. The summed E-state index contributed by atoms with van der Waals surface area (Å²) in [6, 6.07) is 9.46. The Balaban J connectivity index is 1.81. The van der Waals surface area contributed by atoms with Gasteiger partial charge in [-0.15, -0.1) is 0 Å². The Morgan fingerprint density at radius 3 is 2.07 bits per heavy atom. The largest absolute Gasteiger partial charge is 0.460 e. The normalized spacial score (nSPS) is 18.5. The first kappa shape index (κ1) is 22.1. The summed E-state index contributed by atoms with van der Waals surface area (Å²) >= 11 is 0. The Labute approximate surface area is 178 Å². The standard InChI is InChI=1S/C23H33N3O4/c1-2-29-22(27)21(25-30-23(28)24-18-12-6-3-7-13-18)26(19-14-8-4-9-15-19)20-16-10-5-11-17-20/h3,6-7,12-13,19-20H,2,4-5,8-11,14-17H2,1H3,(H,24,28). The number of ether oxygens (including phenoxy) is 1. The summed E-state index contributed by atoms with van der Waals surface area (Å²) in [6.45, 7) is 2.02. The second-order valence-electron chi connectivity index (χ2n) is 8.00. The van der Waals surface area contributed by atoms with Crippen molar-refractivity contribution >= 4 is 23.6 Å². The molecule has 2 aliphatic carbocycles. The van der Waals surface area contributed by atoms with E-state index >= 15 is 0 Å². The number of amides is 1. The molecule has 0 bridgehead atoms. The van der Waals surface area contributed by atoms with Gasteiger partial charge < -0.3 is 9.64 Å². The Hall–Kier alpha value is -2.57. The lowest BCUT2D eigenvalue weighted by Gasteiger charge is -2.42. The Morgan fingerprint density at radius 2 is 1.53 bits per heavy atom. The van der Waals surface area contributed by atoms with Crippen LogP contribution in [0.4, 0.5) is 10.5 Å². The summed E-state index contributed by atoms with van der Waals surface area (Å²) in [5.41, 5.74) is 0.604. The molecule has 30 heavy (non-hydrogen) atoms. The number of rotatable bonds is 5. The van der Waals surface area contributed by atoms with Crippen LogP contribution in [0, 0.1) is 0 Å². The molecule has 0 spiro atoms. The van der Waals surface area contributed by atoms with Gasteiger partial charge in [0.05, 0.1) is 6.61 Å². The van der Waals surface area contributed by atoms with Crippen molar-refractivity contribution in [3.63, 3.8) is 0 Å². The minimum atomic E-state index is -0.727. The molecule has 0 unspecified atom stereocenters. The number of benzene rings is 1. The molecule has 2 saturated carbocycles. The van der Waals surface area contributed by atoms with E-state index in [1.54, 1.807) is 19.1 Å². The first-order chi connectivity index (χ1) is 14.7. The van der Waals surface area contributed by atoms with Gasteiger partial charge >= 0.3 is 12.1 Å². The summed E-state index contributed by atoms with van der Waals surface area (Å²) in [5.74, 6) is -0.403. The van der Waals surface area contributed by atoms with Gasteiger partial charge in [0.15, 0.2) is 0 Å². The molecule has 7 nitrogen and oxygen atoms in total. The highest BCUT2D eigenvalue weighted by Gasteiger charge is 2.35. The van der Waals surface area contributed by atoms with Crippen molar-refractivity contribution in [3.05, 3.63) is 30.3 Å². The lowest BCUT2D eigenvalue weighted by Crippen LogP contribution is -2.52. The summed E-state index contributed by atoms with van der Waals surface area (Å²) in [5, 5.41) is 6.67. The smallest absolute Gasteiger partial charge is 0.437 e. The van der Waals surface area contributed by atoms with Gasteiger partial charge in [-0.05, 0) is 49.9 Å². The highest BCUT2D eigenvalue weighted by Crippen LogP contribution is 2.31. The van der Waals surface area contributed by atoms with Crippen LogP contribution in [-0.4, -0.2) is 41.5 Å². The maximum Gasteiger partial charge on any atom is 0.437 e. The molecule has 164 valence electrons. The van der Waals surface area contributed by atoms with E-state index in [9.17, 15) is 9.59 Å². The van der Waals surface area contributed by atoms with Crippen molar-refractivity contribution in [3.8, 4) is 0 Å². The van der Waals surface area contributed by atoms with E-state index in [1.807, 2.05) is 18.2 Å². The maximum absolute atomic E-state index is 12.8. The molecular weight excluding hydrogens is 382 g/mol. The van der Waals surface area contributed by atoms with Gasteiger partial charge in [0.1, 0.15) is 0 Å². The second kappa shape index (κ2) is 11.6. The Kier molecular flexibility index (Phi) is 8.53. The third-order valence-electron chi connectivity index (χ3n) is 5.87. The van der Waals surface area contributed by atoms with Gasteiger partial charge in [-0.3, -0.25) is 10.2 Å². The van der Waals surface area contributed by atoms with E-state index < -0.39 is 12.1 Å². The van der Waals surface area contributed by atoms with Gasteiger partial charge in [-0.2, -0.15) is 0 Å². The van der Waals surface area contributed by atoms with Crippen molar-refractivity contribution in [2.24, 2.45) is 5.16 Å². The molecule has 1 amide bonds. The van der Waals surface area contributed by atoms with Crippen LogP contribution in [-0.2, 0) is 14.4 Å². The van der Waals surface area contributed by atoms with Crippen molar-refractivity contribution in [1.82, 2.24) is 4.90 Å². The topological polar surface area (TPSA) is 80.2 Å². The van der Waals surface area contributed by atoms with Crippen LogP contribution in [0.2, 0.25) is 0 Å². The average Bonchev–Trinajstić information content (AvgIpc) is 2.78. The molecule has 0 saturated heterocycles. The molecule has 0 aliphatic heterocycles. The van der Waals surface area contributed by atoms with E-state index in [2.05, 4.69) is 15.4 Å². The van der Waals surface area contributed by atoms with E-state index in [4.69, 9.17) is 9.57 Å². The lowest BCUT2D eigenvalue weighted by atomic mass is 9.88. The number of oxime groups is 1. The van der Waals surface area contributed by atoms with Gasteiger partial charge in [0.2, 0.25) is 0 Å². The molecule has 7 heteroatoms. The number of nitrogens with one attached hydrogen (secondary N) is 1. The molecule has 1 aromatic carbocycles. The SMILES string of the molecule is CCOC(=O)C(=NOC(=O)Nc1ccccc1)N(C1CCCCC1)C1CCCCC1. The molecule has 3 rings (SSSR count). The number of anilines is 1. The van der Waals surface area contributed by atoms with Crippen LogP contribution in [0.25, 0.3) is 0 Å². The summed E-state index contributed by atoms with van der Waals surface area (Å²) in [4.78, 5) is 32.3. The third-order valence-corrected chi connectivity index (χ3v) is 5.87. The Morgan fingerprint density at radius 1 is 0.967 bits per heavy atom. The van der Waals surface area contributed by atoms with Crippen LogP contribution in [0.1, 0.15) is 71.1 Å². The molecule has 2 aliphatic rings. The number of esters is 1. The molecule has 1 aromatic rings. The molecule has 2 fully saturated rings. The van der Waals surface area contributed by atoms with Crippen molar-refractivity contribution in [1.29, 1.82) is 0 Å². The molecule has 1 N–H and O–H groups in total. The summed E-state index contributed by atoms with van der Waals surface area (Å²) in [6.07, 6.45) is 10.3. The van der Waals surface area contributed by atoms with Crippen LogP contribution in [0.5, 0.6) is 0 Å². The maximum atomic E-state index is 12.8. The summed E-state index contributed by atoms with van der Waals surface area (Å²) in [7, 11) is 0. The van der Waals surface area contributed by atoms with Gasteiger partial charge in [0.25, 0.3) is 5.84 Å². The molecular formula is C23H33N3O4. The Bertz CT molecular complexity index is 692. The fourth-order valence-electron chi connectivity index (χ4n) is 4.49. The van der Waals surface area contributed by atoms with Crippen molar-refractivity contribution in [2.45, 2.75) is 83.2 Å². The number of hydrogen-bond donors (Lipinski definition) is 1. The van der Waals surface area contributed by atoms with Gasteiger partial charge in [0, 0.05) is 17.8 Å². The number of amidine groups is 1. The summed E-state index contributed by atoms with van der Waals surface area (Å²) < 4.78 is 5.29. The van der Waals surface area contributed by atoms with E-state index in [-0.39, 0.29) is 24.5 Å². The predicted molar refractivity (Wildman–Crippen MR) is 116 cm³/mol. The van der Waals surface area contributed by atoms with Gasteiger partial charge in [-0.1, -0.05) is 56.7 Å². The number of nitrogens with zero attached hydrogens (tertiary/aromatic N) is 2. The van der Waals surface area contributed by atoms with Crippen LogP contribution < -0.4 is 5.32 Å². The highest BCUT2D eigenvalue weighted by molar-refractivity contribution is 6.35. The van der Waals surface area contributed by atoms with Crippen LogP contribution in [0.15, 0.2) is 35.5 Å². The number of carbonyl (C=O) groups is 2. The monoisotopic (exact) mass is 415 g/mol. The molecule has 0 atom stereocenters. The zero-order chi connectivity index (χ0) is 21.2. The second-order valence-corrected chi connectivity index (χ2v) is 8.00. The van der Waals surface area contributed by atoms with E-state index in [1.165, 1.54) is 12.8 Å². The number of para-hydroxylation sites is 1.